The third kappa shape index (κ3) is 4.07. The molecule has 3 amide bonds. The molecule has 3 aromatic rings. The molecule has 0 fully saturated rings. The van der Waals surface area contributed by atoms with Crippen LogP contribution in [-0.2, 0) is 4.79 Å². The van der Waals surface area contributed by atoms with Gasteiger partial charge in [-0.2, -0.15) is 0 Å². The Hall–Kier alpha value is -3.61. The lowest BCUT2D eigenvalue weighted by atomic mass is 10.1. The summed E-state index contributed by atoms with van der Waals surface area (Å²) in [5.41, 5.74) is 7.31. The third-order valence-electron chi connectivity index (χ3n) is 3.86. The van der Waals surface area contributed by atoms with E-state index in [0.717, 1.165) is 10.9 Å². The molecule has 7 nitrogen and oxygen atoms in total. The van der Waals surface area contributed by atoms with Crippen molar-refractivity contribution in [2.45, 2.75) is 6.42 Å². The lowest BCUT2D eigenvalue weighted by molar-refractivity contribution is -0.117. The van der Waals surface area contributed by atoms with Crippen LogP contribution in [0.2, 0.25) is 0 Å². The van der Waals surface area contributed by atoms with Gasteiger partial charge in [0.15, 0.2) is 0 Å². The number of hydrogen-bond donors (Lipinski definition) is 4. The molecule has 7 heteroatoms. The number of rotatable bonds is 6. The molecule has 132 valence electrons. The van der Waals surface area contributed by atoms with Gasteiger partial charge in [-0.25, -0.2) is 0 Å². The maximum Gasteiger partial charge on any atom is 0.255 e. The zero-order chi connectivity index (χ0) is 18.5. The van der Waals surface area contributed by atoms with Crippen molar-refractivity contribution in [3.8, 4) is 0 Å². The zero-order valence-electron chi connectivity index (χ0n) is 13.9. The molecule has 0 aliphatic heterocycles. The van der Waals surface area contributed by atoms with E-state index in [4.69, 9.17) is 5.73 Å². The van der Waals surface area contributed by atoms with Crippen LogP contribution in [0.25, 0.3) is 10.9 Å². The summed E-state index contributed by atoms with van der Waals surface area (Å²) in [6.45, 7) is 0.168. The number of H-pyrrole nitrogens is 1. The van der Waals surface area contributed by atoms with E-state index in [0.29, 0.717) is 16.8 Å². The molecule has 0 saturated carbocycles. The summed E-state index contributed by atoms with van der Waals surface area (Å²) in [7, 11) is 0. The Kier molecular flexibility index (Phi) is 4.98. The molecule has 26 heavy (non-hydrogen) atoms. The molecular weight excluding hydrogens is 332 g/mol. The Labute approximate surface area is 149 Å². The normalized spacial score (nSPS) is 10.5. The highest BCUT2D eigenvalue weighted by Crippen LogP contribution is 2.16. The number of benzene rings is 2. The fraction of sp³-hybridized carbons (Fsp3) is 0.105. The Morgan fingerprint density at radius 2 is 1.77 bits per heavy atom. The van der Waals surface area contributed by atoms with Gasteiger partial charge < -0.3 is 21.4 Å². The van der Waals surface area contributed by atoms with Crippen LogP contribution in [-0.4, -0.2) is 29.3 Å². The fourth-order valence-electron chi connectivity index (χ4n) is 2.53. The van der Waals surface area contributed by atoms with Gasteiger partial charge in [0.05, 0.1) is 0 Å². The van der Waals surface area contributed by atoms with Crippen molar-refractivity contribution in [2.24, 2.45) is 5.73 Å². The minimum atomic E-state index is -0.481. The monoisotopic (exact) mass is 350 g/mol. The minimum Gasteiger partial charge on any atom is -0.370 e. The number of nitrogens with one attached hydrogen (secondary N) is 3. The molecular formula is C19H18N4O3. The molecule has 0 radical (unpaired) electrons. The Morgan fingerprint density at radius 3 is 2.58 bits per heavy atom. The lowest BCUT2D eigenvalue weighted by Crippen LogP contribution is -2.27. The largest absolute Gasteiger partial charge is 0.370 e. The Bertz CT molecular complexity index is 978. The van der Waals surface area contributed by atoms with Crippen LogP contribution in [0.5, 0.6) is 0 Å². The van der Waals surface area contributed by atoms with Crippen LogP contribution in [0.1, 0.15) is 27.1 Å². The van der Waals surface area contributed by atoms with Crippen molar-refractivity contribution >= 4 is 34.3 Å². The second kappa shape index (κ2) is 7.52. The highest BCUT2D eigenvalue weighted by atomic mass is 16.2. The van der Waals surface area contributed by atoms with Crippen molar-refractivity contribution in [3.05, 3.63) is 65.9 Å². The van der Waals surface area contributed by atoms with E-state index in [-0.39, 0.29) is 24.8 Å². The maximum atomic E-state index is 12.4. The number of nitrogens with two attached hydrogens (primary N) is 1. The third-order valence-corrected chi connectivity index (χ3v) is 3.86. The first-order valence-corrected chi connectivity index (χ1v) is 8.08. The number of fused-ring (bicyclic) bond motifs is 1. The fourth-order valence-corrected chi connectivity index (χ4v) is 2.53. The molecule has 0 bridgehead atoms. The summed E-state index contributed by atoms with van der Waals surface area (Å²) in [5, 5.41) is 6.41. The van der Waals surface area contributed by atoms with Gasteiger partial charge in [0, 0.05) is 41.5 Å². The molecule has 0 atom stereocenters. The first-order valence-electron chi connectivity index (χ1n) is 8.08. The number of aromatic amines is 1. The first kappa shape index (κ1) is 17.2. The van der Waals surface area contributed by atoms with Gasteiger partial charge in [-0.1, -0.05) is 12.1 Å². The quantitative estimate of drug-likeness (QED) is 0.545. The molecule has 0 aliphatic carbocycles. The van der Waals surface area contributed by atoms with Gasteiger partial charge in [-0.3, -0.25) is 14.4 Å². The standard InChI is InChI=1S/C19H18N4O3/c20-17(24)7-9-22-18(25)13-2-1-3-15(10-13)23-19(26)14-5-4-12-6-8-21-16(12)11-14/h1-6,8,10-11,21H,7,9H2,(H2,20,24)(H,22,25)(H,23,26). The molecule has 1 aromatic heterocycles. The van der Waals surface area contributed by atoms with Crippen molar-refractivity contribution < 1.29 is 14.4 Å². The van der Waals surface area contributed by atoms with Crippen molar-refractivity contribution in [2.75, 3.05) is 11.9 Å². The summed E-state index contributed by atoms with van der Waals surface area (Å²) in [6.07, 6.45) is 1.88. The number of anilines is 1. The zero-order valence-corrected chi connectivity index (χ0v) is 13.9. The molecule has 0 aliphatic rings. The summed E-state index contributed by atoms with van der Waals surface area (Å²) in [5.74, 6) is -1.09. The van der Waals surface area contributed by atoms with Gasteiger partial charge in [-0.15, -0.1) is 0 Å². The van der Waals surface area contributed by atoms with E-state index in [9.17, 15) is 14.4 Å². The smallest absolute Gasteiger partial charge is 0.255 e. The maximum absolute atomic E-state index is 12.4. The lowest BCUT2D eigenvalue weighted by Gasteiger charge is -2.08. The van der Waals surface area contributed by atoms with Crippen LogP contribution < -0.4 is 16.4 Å². The van der Waals surface area contributed by atoms with Gasteiger partial charge in [0.1, 0.15) is 0 Å². The van der Waals surface area contributed by atoms with E-state index in [1.807, 2.05) is 18.3 Å². The SMILES string of the molecule is NC(=O)CCNC(=O)c1cccc(NC(=O)c2ccc3cc[nH]c3c2)c1. The number of aromatic nitrogens is 1. The average molecular weight is 350 g/mol. The molecule has 2 aromatic carbocycles. The number of carbonyl (C=O) groups excluding carboxylic acids is 3. The van der Waals surface area contributed by atoms with E-state index >= 15 is 0 Å². The number of primary amides is 1. The molecule has 1 heterocycles. The predicted octanol–water partition coefficient (Wildman–Crippen LogP) is 2.03. The molecule has 5 N–H and O–H groups in total. The van der Waals surface area contributed by atoms with Crippen molar-refractivity contribution in [1.29, 1.82) is 0 Å². The molecule has 3 rings (SSSR count). The second-order valence-corrected chi connectivity index (χ2v) is 5.79. The van der Waals surface area contributed by atoms with Crippen molar-refractivity contribution in [1.82, 2.24) is 10.3 Å². The Balaban J connectivity index is 1.68. The van der Waals surface area contributed by atoms with Crippen LogP contribution in [0, 0.1) is 0 Å². The Morgan fingerprint density at radius 1 is 0.962 bits per heavy atom. The van der Waals surface area contributed by atoms with E-state index < -0.39 is 5.91 Å². The predicted molar refractivity (Wildman–Crippen MR) is 98.8 cm³/mol. The number of carbonyl (C=O) groups is 3. The minimum absolute atomic E-state index is 0.0728. The first-order chi connectivity index (χ1) is 12.5. The second-order valence-electron chi connectivity index (χ2n) is 5.79. The van der Waals surface area contributed by atoms with Crippen LogP contribution in [0.4, 0.5) is 5.69 Å². The average Bonchev–Trinajstić information content (AvgIpc) is 3.09. The van der Waals surface area contributed by atoms with E-state index in [2.05, 4.69) is 15.6 Å². The summed E-state index contributed by atoms with van der Waals surface area (Å²) >= 11 is 0. The summed E-state index contributed by atoms with van der Waals surface area (Å²) in [6, 6.07) is 13.9. The van der Waals surface area contributed by atoms with Gasteiger partial charge >= 0.3 is 0 Å². The van der Waals surface area contributed by atoms with Crippen LogP contribution >= 0.6 is 0 Å². The summed E-state index contributed by atoms with van der Waals surface area (Å²) in [4.78, 5) is 38.3. The van der Waals surface area contributed by atoms with Gasteiger partial charge in [-0.05, 0) is 41.8 Å². The molecule has 0 saturated heterocycles. The van der Waals surface area contributed by atoms with E-state index in [1.165, 1.54) is 0 Å². The van der Waals surface area contributed by atoms with Crippen LogP contribution in [0.15, 0.2) is 54.7 Å². The van der Waals surface area contributed by atoms with Crippen molar-refractivity contribution in [3.63, 3.8) is 0 Å². The van der Waals surface area contributed by atoms with Gasteiger partial charge in [0.2, 0.25) is 5.91 Å². The topological polar surface area (TPSA) is 117 Å². The number of hydrogen-bond acceptors (Lipinski definition) is 3. The highest BCUT2D eigenvalue weighted by molar-refractivity contribution is 6.06. The molecule has 0 unspecified atom stereocenters. The highest BCUT2D eigenvalue weighted by Gasteiger charge is 2.10. The summed E-state index contributed by atoms with van der Waals surface area (Å²) < 4.78 is 0. The van der Waals surface area contributed by atoms with Crippen LogP contribution in [0.3, 0.4) is 0 Å². The molecule has 0 spiro atoms. The number of amides is 3. The van der Waals surface area contributed by atoms with E-state index in [1.54, 1.807) is 36.4 Å². The van der Waals surface area contributed by atoms with Gasteiger partial charge in [0.25, 0.3) is 11.8 Å².